The molecule has 7 rings (SSSR count). The number of methoxy groups -OCH3 is 1. The standard InChI is InChI=1S/C36H39N5O8/c1-16(2)13-24(42)31(44)37-23-15-19-11-12-25-21(14-19)36(20-9-7-8-10-22(20)38-35(36)48-25)29-28(33-40-27(18(5)47-33)34(45)46-6)41-32(49-29)26(17(3)4)39-30(23)43/h7-12,14,16-17,23-24,26,35,38,42H,13,15H2,1-6H3,(H,37,44)(H,39,43)/t23-,24-,26-,35?,36-/m0/s1. The number of para-hydroxylation sites is 1. The summed E-state index contributed by atoms with van der Waals surface area (Å²) in [5.74, 6) is -0.493. The van der Waals surface area contributed by atoms with Crippen molar-refractivity contribution in [1.29, 1.82) is 0 Å². The molecule has 4 aromatic rings. The number of anilines is 1. The van der Waals surface area contributed by atoms with Gasteiger partial charge in [0.25, 0.3) is 0 Å². The highest BCUT2D eigenvalue weighted by molar-refractivity contribution is 5.90. The topological polar surface area (TPSA) is 178 Å². The smallest absolute Gasteiger partial charge is 0.360 e. The van der Waals surface area contributed by atoms with Crippen LogP contribution in [0.25, 0.3) is 11.6 Å². The zero-order chi connectivity index (χ0) is 34.8. The summed E-state index contributed by atoms with van der Waals surface area (Å²) < 4.78 is 24.4. The molecule has 0 radical (unpaired) electrons. The maximum atomic E-state index is 14.0. The number of aliphatic hydroxyl groups excluding tert-OH is 1. The van der Waals surface area contributed by atoms with Gasteiger partial charge in [-0.25, -0.2) is 14.8 Å². The first-order valence-electron chi connectivity index (χ1n) is 16.4. The lowest BCUT2D eigenvalue weighted by Crippen LogP contribution is -2.52. The van der Waals surface area contributed by atoms with Gasteiger partial charge in [0.05, 0.1) is 7.11 Å². The molecule has 0 fully saturated rings. The van der Waals surface area contributed by atoms with Crippen molar-refractivity contribution in [2.45, 2.75) is 77.3 Å². The van der Waals surface area contributed by atoms with Crippen LogP contribution in [-0.2, 0) is 26.2 Å². The molecule has 13 heteroatoms. The molecule has 13 nitrogen and oxygen atoms in total. The van der Waals surface area contributed by atoms with Crippen molar-refractivity contribution in [3.05, 3.63) is 82.3 Å². The average Bonchev–Trinajstić information content (AvgIpc) is 3.81. The molecule has 4 bridgehead atoms. The number of rotatable bonds is 7. The molecule has 2 aromatic heterocycles. The van der Waals surface area contributed by atoms with Crippen molar-refractivity contribution in [3.63, 3.8) is 0 Å². The van der Waals surface area contributed by atoms with Gasteiger partial charge >= 0.3 is 5.97 Å². The number of nitrogens with one attached hydrogen (secondary N) is 3. The van der Waals surface area contributed by atoms with E-state index in [0.29, 0.717) is 11.5 Å². The Labute approximate surface area is 282 Å². The van der Waals surface area contributed by atoms with Gasteiger partial charge < -0.3 is 39.4 Å². The normalized spacial score (nSPS) is 22.6. The lowest BCUT2D eigenvalue weighted by molar-refractivity contribution is -0.135. The van der Waals surface area contributed by atoms with Crippen LogP contribution in [0.4, 0.5) is 5.69 Å². The number of carbonyl (C=O) groups excluding carboxylic acids is 3. The molecule has 3 aliphatic heterocycles. The third-order valence-corrected chi connectivity index (χ3v) is 9.43. The monoisotopic (exact) mass is 669 g/mol. The second kappa shape index (κ2) is 12.1. The Morgan fingerprint density at radius 3 is 2.59 bits per heavy atom. The highest BCUT2D eigenvalue weighted by Gasteiger charge is 2.61. The minimum Gasteiger partial charge on any atom is -0.469 e. The summed E-state index contributed by atoms with van der Waals surface area (Å²) in [6.07, 6.45) is -1.55. The van der Waals surface area contributed by atoms with E-state index in [2.05, 4.69) is 20.9 Å². The fraction of sp³-hybridized carbons (Fsp3) is 0.417. The summed E-state index contributed by atoms with van der Waals surface area (Å²) in [6, 6.07) is 11.7. The van der Waals surface area contributed by atoms with Gasteiger partial charge in [-0.15, -0.1) is 0 Å². The fourth-order valence-electron chi connectivity index (χ4n) is 7.05. The number of benzene rings is 2. The van der Waals surface area contributed by atoms with Crippen LogP contribution in [0, 0.1) is 18.8 Å². The third kappa shape index (κ3) is 5.23. The Morgan fingerprint density at radius 1 is 1.08 bits per heavy atom. The molecule has 1 spiro atoms. The number of esters is 1. The van der Waals surface area contributed by atoms with Gasteiger partial charge in [0, 0.05) is 17.7 Å². The van der Waals surface area contributed by atoms with Crippen molar-refractivity contribution < 1.29 is 37.8 Å². The first-order chi connectivity index (χ1) is 23.4. The number of ether oxygens (including phenoxy) is 2. The van der Waals surface area contributed by atoms with E-state index in [9.17, 15) is 19.5 Å². The molecule has 0 saturated carbocycles. The molecule has 5 atom stereocenters. The third-order valence-electron chi connectivity index (χ3n) is 9.43. The quantitative estimate of drug-likeness (QED) is 0.208. The van der Waals surface area contributed by atoms with E-state index in [1.54, 1.807) is 6.92 Å². The molecule has 1 unspecified atom stereocenters. The number of nitrogens with zero attached hydrogens (tertiary/aromatic N) is 2. The number of aryl methyl sites for hydroxylation is 1. The Kier molecular flexibility index (Phi) is 7.97. The van der Waals surface area contributed by atoms with Gasteiger partial charge in [-0.05, 0) is 48.4 Å². The van der Waals surface area contributed by atoms with Gasteiger partial charge in [0.2, 0.25) is 23.6 Å². The van der Waals surface area contributed by atoms with Crippen molar-refractivity contribution in [1.82, 2.24) is 20.6 Å². The SMILES string of the molecule is COC(=O)c1nc(-c2nc3oc2[C@@]24c5ccccc5NC2Oc2ccc(cc24)C[C@H](NC(=O)[C@@H](O)CC(C)C)C(=O)N[C@H]3C(C)C)oc1C. The van der Waals surface area contributed by atoms with Crippen LogP contribution in [0.1, 0.15) is 84.7 Å². The van der Waals surface area contributed by atoms with Gasteiger partial charge in [-0.3, -0.25) is 9.59 Å². The molecule has 256 valence electrons. The van der Waals surface area contributed by atoms with Crippen molar-refractivity contribution in [3.8, 4) is 17.3 Å². The molecule has 2 aromatic carbocycles. The predicted octanol–water partition coefficient (Wildman–Crippen LogP) is 4.16. The molecule has 49 heavy (non-hydrogen) atoms. The summed E-state index contributed by atoms with van der Waals surface area (Å²) in [7, 11) is 1.27. The summed E-state index contributed by atoms with van der Waals surface area (Å²) in [6.45, 7) is 9.26. The van der Waals surface area contributed by atoms with Crippen LogP contribution in [0.3, 0.4) is 0 Å². The second-order valence-corrected chi connectivity index (χ2v) is 13.6. The van der Waals surface area contributed by atoms with Crippen LogP contribution >= 0.6 is 0 Å². The Balaban J connectivity index is 1.46. The number of hydrogen-bond donors (Lipinski definition) is 4. The van der Waals surface area contributed by atoms with Gasteiger partial charge in [0.15, 0.2) is 23.4 Å². The predicted molar refractivity (Wildman–Crippen MR) is 176 cm³/mol. The molecule has 0 saturated heterocycles. The van der Waals surface area contributed by atoms with Crippen molar-refractivity contribution in [2.24, 2.45) is 11.8 Å². The van der Waals surface area contributed by atoms with E-state index in [1.807, 2.05) is 70.2 Å². The maximum absolute atomic E-state index is 14.0. The number of fused-ring (bicyclic) bond motifs is 4. The molecular weight excluding hydrogens is 630 g/mol. The zero-order valence-electron chi connectivity index (χ0n) is 28.1. The van der Waals surface area contributed by atoms with Crippen LogP contribution in [-0.4, -0.2) is 58.3 Å². The number of amides is 2. The van der Waals surface area contributed by atoms with E-state index in [4.69, 9.17) is 23.3 Å². The summed E-state index contributed by atoms with van der Waals surface area (Å²) in [5.41, 5.74) is 2.32. The fourth-order valence-corrected chi connectivity index (χ4v) is 7.05. The van der Waals surface area contributed by atoms with E-state index in [1.165, 1.54) is 7.11 Å². The largest absolute Gasteiger partial charge is 0.469 e. The number of oxazole rings is 2. The molecule has 3 aliphatic rings. The summed E-state index contributed by atoms with van der Waals surface area (Å²) in [5, 5.41) is 20.0. The summed E-state index contributed by atoms with van der Waals surface area (Å²) >= 11 is 0. The van der Waals surface area contributed by atoms with Crippen LogP contribution < -0.4 is 20.7 Å². The number of carbonyl (C=O) groups is 3. The van der Waals surface area contributed by atoms with E-state index < -0.39 is 47.6 Å². The lowest BCUT2D eigenvalue weighted by Gasteiger charge is -2.29. The molecular formula is C36H39N5O8. The highest BCUT2D eigenvalue weighted by Crippen LogP contribution is 2.59. The molecule has 2 amide bonds. The van der Waals surface area contributed by atoms with Gasteiger partial charge in [-0.1, -0.05) is 58.0 Å². The number of aliphatic hydroxyl groups is 1. The maximum Gasteiger partial charge on any atom is 0.360 e. The van der Waals surface area contributed by atoms with E-state index >= 15 is 0 Å². The van der Waals surface area contributed by atoms with Crippen molar-refractivity contribution in [2.75, 3.05) is 12.4 Å². The number of aromatic nitrogens is 2. The molecule has 0 aliphatic carbocycles. The summed E-state index contributed by atoms with van der Waals surface area (Å²) in [4.78, 5) is 49.2. The Morgan fingerprint density at radius 2 is 1.86 bits per heavy atom. The number of hydrogen-bond acceptors (Lipinski definition) is 11. The molecule has 5 heterocycles. The van der Waals surface area contributed by atoms with Gasteiger partial charge in [-0.2, -0.15) is 0 Å². The molecule has 4 N–H and O–H groups in total. The van der Waals surface area contributed by atoms with Crippen LogP contribution in [0.2, 0.25) is 0 Å². The first-order valence-corrected chi connectivity index (χ1v) is 16.4. The second-order valence-electron chi connectivity index (χ2n) is 13.6. The van der Waals surface area contributed by atoms with Crippen molar-refractivity contribution >= 4 is 23.5 Å². The van der Waals surface area contributed by atoms with E-state index in [0.717, 1.165) is 22.4 Å². The lowest BCUT2D eigenvalue weighted by atomic mass is 9.72. The first kappa shape index (κ1) is 32.4. The van der Waals surface area contributed by atoms with Gasteiger partial charge in [0.1, 0.15) is 35.1 Å². The average molecular weight is 670 g/mol. The van der Waals surface area contributed by atoms with Crippen LogP contribution in [0.15, 0.2) is 51.3 Å². The van der Waals surface area contributed by atoms with Crippen LogP contribution in [0.5, 0.6) is 5.75 Å². The minimum absolute atomic E-state index is 0.00206. The Bertz CT molecular complexity index is 1960. The highest BCUT2D eigenvalue weighted by atomic mass is 16.5. The minimum atomic E-state index is -1.27. The zero-order valence-corrected chi connectivity index (χ0v) is 28.1. The Hall–Kier alpha value is -5.17. The van der Waals surface area contributed by atoms with E-state index in [-0.39, 0.29) is 53.6 Å².